The van der Waals surface area contributed by atoms with Crippen molar-refractivity contribution >= 4 is 0 Å². The van der Waals surface area contributed by atoms with Crippen LogP contribution in [0.4, 0.5) is 0 Å². The van der Waals surface area contributed by atoms with Gasteiger partial charge in [-0.3, -0.25) is 10.1 Å². The van der Waals surface area contributed by atoms with Gasteiger partial charge < -0.3 is 0 Å². The van der Waals surface area contributed by atoms with Gasteiger partial charge in [0.05, 0.1) is 4.92 Å². The van der Waals surface area contributed by atoms with E-state index < -0.39 is 4.92 Å². The highest BCUT2D eigenvalue weighted by atomic mass is 16.6. The lowest BCUT2D eigenvalue weighted by Crippen LogP contribution is -2.00. The second kappa shape index (κ2) is 3.22. The van der Waals surface area contributed by atoms with Crippen molar-refractivity contribution in [3.05, 3.63) is 22.4 Å². The summed E-state index contributed by atoms with van der Waals surface area (Å²) in [6, 6.07) is 0. The van der Waals surface area contributed by atoms with Crippen molar-refractivity contribution in [2.45, 2.75) is 20.3 Å². The third-order valence-electron chi connectivity index (χ3n) is 0.902. The molecule has 0 heterocycles. The fraction of sp³-hybridized carbons (Fsp3) is 0.667. The fourth-order valence-corrected chi connectivity index (χ4v) is 0.546. The quantitative estimate of drug-likeness (QED) is 0.431. The maximum absolute atomic E-state index is 9.94. The third-order valence-corrected chi connectivity index (χ3v) is 0.902. The van der Waals surface area contributed by atoms with Crippen molar-refractivity contribution in [2.24, 2.45) is 5.92 Å². The first kappa shape index (κ1) is 8.14. The summed E-state index contributed by atoms with van der Waals surface area (Å²) in [6.45, 7) is 7.15. The monoisotopic (exact) mass is 129 g/mol. The standard InChI is InChI=1S/C6H11NO2/c1-5(2)4-6(3)7(8)9/h5H,3-4H2,1-2H3. The van der Waals surface area contributed by atoms with E-state index in [0.29, 0.717) is 12.3 Å². The zero-order valence-electron chi connectivity index (χ0n) is 5.76. The summed E-state index contributed by atoms with van der Waals surface area (Å²) >= 11 is 0. The van der Waals surface area contributed by atoms with Crippen molar-refractivity contribution in [2.75, 3.05) is 0 Å². The Morgan fingerprint density at radius 2 is 2.22 bits per heavy atom. The molecule has 0 N–H and O–H groups in total. The van der Waals surface area contributed by atoms with Gasteiger partial charge in [-0.1, -0.05) is 13.8 Å². The zero-order valence-corrected chi connectivity index (χ0v) is 5.76. The summed E-state index contributed by atoms with van der Waals surface area (Å²) in [6.07, 6.45) is 0.479. The van der Waals surface area contributed by atoms with Gasteiger partial charge in [0.25, 0.3) is 0 Å². The molecule has 9 heavy (non-hydrogen) atoms. The maximum Gasteiger partial charge on any atom is 0.239 e. The SMILES string of the molecule is C=C(CC(C)C)[N+](=O)[O-]. The zero-order chi connectivity index (χ0) is 7.44. The molecule has 0 aliphatic heterocycles. The number of hydrogen-bond acceptors (Lipinski definition) is 2. The molecule has 0 aliphatic carbocycles. The van der Waals surface area contributed by atoms with Crippen LogP contribution in [0.15, 0.2) is 12.3 Å². The van der Waals surface area contributed by atoms with Crippen molar-refractivity contribution in [1.29, 1.82) is 0 Å². The average Bonchev–Trinajstić information content (AvgIpc) is 1.63. The summed E-state index contributed by atoms with van der Waals surface area (Å²) in [4.78, 5) is 9.51. The van der Waals surface area contributed by atoms with E-state index in [2.05, 4.69) is 6.58 Å². The van der Waals surface area contributed by atoms with Crippen LogP contribution in [0.1, 0.15) is 20.3 Å². The van der Waals surface area contributed by atoms with Crippen LogP contribution in [0.5, 0.6) is 0 Å². The number of nitro groups is 1. The summed E-state index contributed by atoms with van der Waals surface area (Å²) in [5, 5.41) is 9.94. The van der Waals surface area contributed by atoms with E-state index in [1.165, 1.54) is 0 Å². The normalized spacial score (nSPS) is 9.67. The van der Waals surface area contributed by atoms with Crippen LogP contribution in [0.3, 0.4) is 0 Å². The van der Waals surface area contributed by atoms with Gasteiger partial charge in [0.1, 0.15) is 0 Å². The average molecular weight is 129 g/mol. The molecule has 0 aliphatic rings. The first-order valence-corrected chi connectivity index (χ1v) is 2.86. The Hall–Kier alpha value is -0.860. The highest BCUT2D eigenvalue weighted by Gasteiger charge is 2.07. The highest BCUT2D eigenvalue weighted by Crippen LogP contribution is 2.07. The Bertz CT molecular complexity index is 129. The molecule has 0 fully saturated rings. The van der Waals surface area contributed by atoms with Crippen LogP contribution < -0.4 is 0 Å². The maximum atomic E-state index is 9.94. The van der Waals surface area contributed by atoms with Crippen LogP contribution in [0, 0.1) is 16.0 Å². The molecule has 0 rings (SSSR count). The molecule has 3 heteroatoms. The molecule has 0 spiro atoms. The Morgan fingerprint density at radius 3 is 2.33 bits per heavy atom. The van der Waals surface area contributed by atoms with Crippen LogP contribution in [0.2, 0.25) is 0 Å². The second-order valence-electron chi connectivity index (χ2n) is 2.42. The predicted molar refractivity (Wildman–Crippen MR) is 35.6 cm³/mol. The minimum atomic E-state index is -0.431. The van der Waals surface area contributed by atoms with Crippen molar-refractivity contribution in [3.8, 4) is 0 Å². The van der Waals surface area contributed by atoms with E-state index in [0.717, 1.165) is 0 Å². The van der Waals surface area contributed by atoms with Crippen molar-refractivity contribution in [1.82, 2.24) is 0 Å². The van der Waals surface area contributed by atoms with Gasteiger partial charge in [-0.2, -0.15) is 0 Å². The van der Waals surface area contributed by atoms with E-state index >= 15 is 0 Å². The molecule has 0 radical (unpaired) electrons. The van der Waals surface area contributed by atoms with E-state index in [1.807, 2.05) is 13.8 Å². The lowest BCUT2D eigenvalue weighted by Gasteiger charge is -1.98. The Labute approximate surface area is 54.5 Å². The molecular weight excluding hydrogens is 118 g/mol. The molecule has 0 amide bonds. The summed E-state index contributed by atoms with van der Waals surface area (Å²) in [7, 11) is 0. The third kappa shape index (κ3) is 3.70. The van der Waals surface area contributed by atoms with Gasteiger partial charge in [-0.25, -0.2) is 0 Å². The molecule has 0 aromatic carbocycles. The number of allylic oxidation sites excluding steroid dienone is 1. The fourth-order valence-electron chi connectivity index (χ4n) is 0.546. The molecule has 0 saturated heterocycles. The molecule has 0 atom stereocenters. The molecule has 0 saturated carbocycles. The van der Waals surface area contributed by atoms with E-state index in [4.69, 9.17) is 0 Å². The Kier molecular flexibility index (Phi) is 2.91. The van der Waals surface area contributed by atoms with E-state index in [9.17, 15) is 10.1 Å². The smallest absolute Gasteiger partial charge is 0.239 e. The molecular formula is C6H11NO2. The molecule has 0 unspecified atom stereocenters. The Balaban J connectivity index is 3.65. The van der Waals surface area contributed by atoms with Gasteiger partial charge in [-0.15, -0.1) is 0 Å². The number of rotatable bonds is 3. The van der Waals surface area contributed by atoms with Gasteiger partial charge in [0, 0.05) is 6.42 Å². The van der Waals surface area contributed by atoms with Gasteiger partial charge in [0.2, 0.25) is 5.70 Å². The minimum absolute atomic E-state index is 0.102. The summed E-state index contributed by atoms with van der Waals surface area (Å²) in [5.41, 5.74) is 0.102. The highest BCUT2D eigenvalue weighted by molar-refractivity contribution is 4.80. The van der Waals surface area contributed by atoms with E-state index in [-0.39, 0.29) is 5.70 Å². The van der Waals surface area contributed by atoms with Gasteiger partial charge >= 0.3 is 0 Å². The van der Waals surface area contributed by atoms with Crippen LogP contribution in [-0.2, 0) is 0 Å². The van der Waals surface area contributed by atoms with Crippen molar-refractivity contribution < 1.29 is 4.92 Å². The van der Waals surface area contributed by atoms with Gasteiger partial charge in [-0.05, 0) is 12.5 Å². The first-order chi connectivity index (χ1) is 4.04. The van der Waals surface area contributed by atoms with Crippen molar-refractivity contribution in [3.63, 3.8) is 0 Å². The second-order valence-corrected chi connectivity index (χ2v) is 2.42. The molecule has 3 nitrogen and oxygen atoms in total. The predicted octanol–water partition coefficient (Wildman–Crippen LogP) is 1.82. The Morgan fingerprint density at radius 1 is 1.78 bits per heavy atom. The minimum Gasteiger partial charge on any atom is -0.259 e. The topological polar surface area (TPSA) is 43.1 Å². The van der Waals surface area contributed by atoms with Gasteiger partial charge in [0.15, 0.2) is 0 Å². The molecule has 0 bridgehead atoms. The molecule has 0 aromatic rings. The first-order valence-electron chi connectivity index (χ1n) is 2.86. The lowest BCUT2D eigenvalue weighted by atomic mass is 10.1. The lowest BCUT2D eigenvalue weighted by molar-refractivity contribution is -0.428. The molecule has 0 aromatic heterocycles. The van der Waals surface area contributed by atoms with Crippen LogP contribution >= 0.6 is 0 Å². The molecule has 52 valence electrons. The van der Waals surface area contributed by atoms with Crippen LogP contribution in [0.25, 0.3) is 0 Å². The van der Waals surface area contributed by atoms with Crippen LogP contribution in [-0.4, -0.2) is 4.92 Å². The summed E-state index contributed by atoms with van der Waals surface area (Å²) < 4.78 is 0. The largest absolute Gasteiger partial charge is 0.259 e. The summed E-state index contributed by atoms with van der Waals surface area (Å²) in [5.74, 6) is 0.322. The number of hydrogen-bond donors (Lipinski definition) is 0. The number of nitrogens with zero attached hydrogens (tertiary/aromatic N) is 1. The van der Waals surface area contributed by atoms with E-state index in [1.54, 1.807) is 0 Å².